The molecule has 0 aliphatic heterocycles. The average molecular weight is 549 g/mol. The first-order valence-electron chi connectivity index (χ1n) is 14.4. The van der Waals surface area contributed by atoms with Crippen LogP contribution in [0.3, 0.4) is 0 Å². The van der Waals surface area contributed by atoms with Crippen LogP contribution >= 0.6 is 0 Å². The van der Waals surface area contributed by atoms with Crippen LogP contribution in [0.4, 0.5) is 0 Å². The number of hydrogen-bond donors (Lipinski definition) is 2. The second-order valence-corrected chi connectivity index (χ2v) is 10.4. The van der Waals surface area contributed by atoms with Crippen LogP contribution in [0.1, 0.15) is 33.4 Å². The van der Waals surface area contributed by atoms with E-state index in [1.54, 1.807) is 0 Å². The molecule has 0 radical (unpaired) electrons. The van der Waals surface area contributed by atoms with E-state index in [4.69, 9.17) is 0 Å². The monoisotopic (exact) mass is 548 g/mol. The Kier molecular flexibility index (Phi) is 9.41. The Hall–Kier alpha value is -4.76. The minimum Gasteiger partial charge on any atom is -0.377 e. The van der Waals surface area contributed by atoms with Crippen molar-refractivity contribution in [3.63, 3.8) is 0 Å². The van der Waals surface area contributed by atoms with E-state index in [1.165, 1.54) is 11.1 Å². The predicted octanol–water partition coefficient (Wildman–Crippen LogP) is 8.33. The first-order valence-corrected chi connectivity index (χ1v) is 14.4. The van der Waals surface area contributed by atoms with Crippen molar-refractivity contribution >= 4 is 0 Å². The van der Waals surface area contributed by atoms with E-state index >= 15 is 0 Å². The molecular weight excluding hydrogens is 512 g/mol. The standard InChI is InChI=1S/C26H22O2.C14H14/c27-25(21-13-5-1-6-14-21,22-15-7-2-8-16-22)26(28,23-17-9-3-10-18-23)24-19-11-4-12-20-24;1-3-7-13(8-4-1)11-12-14-9-5-2-6-10-14/h1-20,27-28H;1-10H,11-12H2. The Morgan fingerprint density at radius 3 is 0.690 bits per heavy atom. The molecule has 0 aliphatic rings. The van der Waals surface area contributed by atoms with Gasteiger partial charge in [-0.3, -0.25) is 0 Å². The fourth-order valence-electron chi connectivity index (χ4n) is 5.46. The second kappa shape index (κ2) is 13.7. The summed E-state index contributed by atoms with van der Waals surface area (Å²) in [5.41, 5.74) is 1.92. The van der Waals surface area contributed by atoms with Crippen LogP contribution in [-0.2, 0) is 24.0 Å². The van der Waals surface area contributed by atoms with Gasteiger partial charge in [0.05, 0.1) is 0 Å². The van der Waals surface area contributed by atoms with Crippen molar-refractivity contribution in [2.24, 2.45) is 0 Å². The minimum absolute atomic E-state index is 0.622. The van der Waals surface area contributed by atoms with Crippen LogP contribution in [-0.4, -0.2) is 10.2 Å². The average Bonchev–Trinajstić information content (AvgIpc) is 3.09. The molecule has 0 unspecified atom stereocenters. The highest BCUT2D eigenvalue weighted by Gasteiger charge is 2.54. The van der Waals surface area contributed by atoms with Crippen molar-refractivity contribution in [3.8, 4) is 0 Å². The third-order valence-electron chi connectivity index (χ3n) is 7.68. The van der Waals surface area contributed by atoms with Gasteiger partial charge in [-0.25, -0.2) is 0 Å². The van der Waals surface area contributed by atoms with Gasteiger partial charge in [0.2, 0.25) is 0 Å². The highest BCUT2D eigenvalue weighted by atomic mass is 16.4. The molecule has 0 amide bonds. The summed E-state index contributed by atoms with van der Waals surface area (Å²) in [4.78, 5) is 0. The molecule has 0 heterocycles. The Bertz CT molecular complexity index is 1400. The lowest BCUT2D eigenvalue weighted by atomic mass is 9.66. The molecule has 0 fully saturated rings. The molecule has 6 aromatic rings. The van der Waals surface area contributed by atoms with Gasteiger partial charge in [0.25, 0.3) is 0 Å². The summed E-state index contributed by atoms with van der Waals surface area (Å²) in [6, 6.07) is 58.7. The highest BCUT2D eigenvalue weighted by Crippen LogP contribution is 2.49. The van der Waals surface area contributed by atoms with E-state index in [0.717, 1.165) is 12.8 Å². The Morgan fingerprint density at radius 1 is 0.286 bits per heavy atom. The van der Waals surface area contributed by atoms with Gasteiger partial charge in [-0.15, -0.1) is 0 Å². The first-order chi connectivity index (χ1) is 20.6. The van der Waals surface area contributed by atoms with Gasteiger partial charge >= 0.3 is 0 Å². The molecule has 2 heteroatoms. The maximum Gasteiger partial charge on any atom is 0.152 e. The van der Waals surface area contributed by atoms with Gasteiger partial charge in [0, 0.05) is 0 Å². The lowest BCUT2D eigenvalue weighted by Crippen LogP contribution is -2.51. The number of aliphatic hydroxyl groups is 2. The normalized spacial score (nSPS) is 11.3. The lowest BCUT2D eigenvalue weighted by molar-refractivity contribution is -0.113. The molecule has 208 valence electrons. The van der Waals surface area contributed by atoms with Gasteiger partial charge in [0.15, 0.2) is 11.2 Å². The molecular formula is C40H36O2. The largest absolute Gasteiger partial charge is 0.377 e. The van der Waals surface area contributed by atoms with Crippen molar-refractivity contribution in [2.45, 2.75) is 24.0 Å². The van der Waals surface area contributed by atoms with Crippen LogP contribution in [0.5, 0.6) is 0 Å². The Morgan fingerprint density at radius 2 is 0.476 bits per heavy atom. The number of hydrogen-bond acceptors (Lipinski definition) is 2. The van der Waals surface area contributed by atoms with Gasteiger partial charge < -0.3 is 10.2 Å². The molecule has 6 rings (SSSR count). The first kappa shape index (κ1) is 28.8. The molecule has 2 N–H and O–H groups in total. The van der Waals surface area contributed by atoms with Crippen molar-refractivity contribution in [3.05, 3.63) is 215 Å². The molecule has 0 saturated heterocycles. The molecule has 0 bridgehead atoms. The summed E-state index contributed by atoms with van der Waals surface area (Å²) >= 11 is 0. The lowest BCUT2D eigenvalue weighted by Gasteiger charge is -2.45. The Labute approximate surface area is 249 Å². The molecule has 0 atom stereocenters. The number of rotatable bonds is 8. The van der Waals surface area contributed by atoms with Crippen LogP contribution in [0.2, 0.25) is 0 Å². The van der Waals surface area contributed by atoms with E-state index in [1.807, 2.05) is 121 Å². The van der Waals surface area contributed by atoms with Crippen LogP contribution < -0.4 is 0 Å². The van der Waals surface area contributed by atoms with E-state index in [-0.39, 0.29) is 0 Å². The van der Waals surface area contributed by atoms with Crippen LogP contribution in [0.25, 0.3) is 0 Å². The summed E-state index contributed by atoms with van der Waals surface area (Å²) in [5, 5.41) is 24.7. The van der Waals surface area contributed by atoms with Gasteiger partial charge in [-0.05, 0) is 46.2 Å². The fraction of sp³-hybridized carbons (Fsp3) is 0.100. The van der Waals surface area contributed by atoms with Crippen molar-refractivity contribution < 1.29 is 10.2 Å². The van der Waals surface area contributed by atoms with Gasteiger partial charge in [-0.2, -0.15) is 0 Å². The SMILES string of the molecule is OC(c1ccccc1)(c1ccccc1)C(O)(c1ccccc1)c1ccccc1.c1ccc(CCc2ccccc2)cc1. The third-order valence-corrected chi connectivity index (χ3v) is 7.68. The smallest absolute Gasteiger partial charge is 0.152 e. The summed E-state index contributed by atoms with van der Waals surface area (Å²) in [7, 11) is 0. The fourth-order valence-corrected chi connectivity index (χ4v) is 5.46. The van der Waals surface area contributed by atoms with E-state index in [0.29, 0.717) is 22.3 Å². The Balaban J connectivity index is 0.000000211. The number of aryl methyl sites for hydroxylation is 2. The molecule has 0 aliphatic carbocycles. The zero-order valence-electron chi connectivity index (χ0n) is 23.6. The molecule has 6 aromatic carbocycles. The molecule has 0 spiro atoms. The zero-order chi connectivity index (χ0) is 29.1. The summed E-state index contributed by atoms with van der Waals surface area (Å²) in [6.07, 6.45) is 2.26. The van der Waals surface area contributed by atoms with Gasteiger partial charge in [-0.1, -0.05) is 182 Å². The van der Waals surface area contributed by atoms with Crippen LogP contribution in [0.15, 0.2) is 182 Å². The third kappa shape index (κ3) is 6.26. The van der Waals surface area contributed by atoms with Crippen molar-refractivity contribution in [2.75, 3.05) is 0 Å². The quantitative estimate of drug-likeness (QED) is 0.201. The number of benzene rings is 6. The van der Waals surface area contributed by atoms with E-state index in [2.05, 4.69) is 60.7 Å². The predicted molar refractivity (Wildman–Crippen MR) is 172 cm³/mol. The van der Waals surface area contributed by atoms with Crippen LogP contribution in [0, 0.1) is 0 Å². The van der Waals surface area contributed by atoms with Crippen molar-refractivity contribution in [1.82, 2.24) is 0 Å². The highest BCUT2D eigenvalue weighted by molar-refractivity contribution is 5.50. The van der Waals surface area contributed by atoms with E-state index in [9.17, 15) is 10.2 Å². The van der Waals surface area contributed by atoms with E-state index < -0.39 is 11.2 Å². The molecule has 2 nitrogen and oxygen atoms in total. The maximum atomic E-state index is 12.3. The second-order valence-electron chi connectivity index (χ2n) is 10.4. The molecule has 0 saturated carbocycles. The molecule has 42 heavy (non-hydrogen) atoms. The minimum atomic E-state index is -1.70. The summed E-state index contributed by atoms with van der Waals surface area (Å²) in [6.45, 7) is 0. The summed E-state index contributed by atoms with van der Waals surface area (Å²) in [5.74, 6) is 0. The molecule has 0 aromatic heterocycles. The van der Waals surface area contributed by atoms with Crippen molar-refractivity contribution in [1.29, 1.82) is 0 Å². The summed E-state index contributed by atoms with van der Waals surface area (Å²) < 4.78 is 0. The zero-order valence-corrected chi connectivity index (χ0v) is 23.6. The topological polar surface area (TPSA) is 40.5 Å². The maximum absolute atomic E-state index is 12.3. The van der Waals surface area contributed by atoms with Gasteiger partial charge in [0.1, 0.15) is 0 Å².